The average Bonchev–Trinajstić information content (AvgIpc) is 2.70. The molecule has 0 radical (unpaired) electrons. The first-order valence-corrected chi connectivity index (χ1v) is 8.31. The standard InChI is InChI=1S/C17H26N4O2/c1-17(2,3)23-16(22)20-11-8-12-4-5-13(9-11)21(12)14-6-7-15(18)19-10-14/h6-7,10-13H,4-5,8-9H2,1-3H3,(H2,18,19)(H,20,22). The van der Waals surface area contributed by atoms with E-state index in [2.05, 4.69) is 15.2 Å². The molecule has 2 bridgehead atoms. The van der Waals surface area contributed by atoms with Crippen molar-refractivity contribution in [2.45, 2.75) is 70.2 Å². The number of carbonyl (C=O) groups excluding carboxylic acids is 1. The second kappa shape index (κ2) is 5.91. The van der Waals surface area contributed by atoms with Gasteiger partial charge >= 0.3 is 6.09 Å². The summed E-state index contributed by atoms with van der Waals surface area (Å²) in [6.45, 7) is 5.65. The molecule has 1 amide bonds. The summed E-state index contributed by atoms with van der Waals surface area (Å²) in [6.07, 6.45) is 5.73. The molecule has 23 heavy (non-hydrogen) atoms. The minimum atomic E-state index is -0.459. The molecule has 1 aromatic heterocycles. The molecule has 2 saturated heterocycles. The topological polar surface area (TPSA) is 80.5 Å². The summed E-state index contributed by atoms with van der Waals surface area (Å²) in [5, 5.41) is 3.03. The fourth-order valence-electron chi connectivity index (χ4n) is 3.74. The monoisotopic (exact) mass is 318 g/mol. The summed E-state index contributed by atoms with van der Waals surface area (Å²) in [7, 11) is 0. The quantitative estimate of drug-likeness (QED) is 0.876. The zero-order chi connectivity index (χ0) is 16.6. The van der Waals surface area contributed by atoms with E-state index < -0.39 is 5.60 Å². The minimum absolute atomic E-state index is 0.181. The van der Waals surface area contributed by atoms with Gasteiger partial charge < -0.3 is 20.7 Å². The summed E-state index contributed by atoms with van der Waals surface area (Å²) < 4.78 is 5.37. The van der Waals surface area contributed by atoms with Crippen molar-refractivity contribution in [3.8, 4) is 0 Å². The third kappa shape index (κ3) is 3.68. The lowest BCUT2D eigenvalue weighted by molar-refractivity contribution is 0.0492. The number of nitrogens with zero attached hydrogens (tertiary/aromatic N) is 2. The van der Waals surface area contributed by atoms with Crippen LogP contribution in [0, 0.1) is 0 Å². The van der Waals surface area contributed by atoms with Crippen molar-refractivity contribution in [2.24, 2.45) is 0 Å². The number of fused-ring (bicyclic) bond motifs is 2. The lowest BCUT2D eigenvalue weighted by Gasteiger charge is -2.40. The van der Waals surface area contributed by atoms with E-state index in [1.807, 2.05) is 39.1 Å². The molecule has 6 nitrogen and oxygen atoms in total. The number of amides is 1. The molecule has 3 rings (SSSR count). The van der Waals surface area contributed by atoms with Crippen molar-refractivity contribution >= 4 is 17.6 Å². The normalized spacial score (nSPS) is 26.9. The summed E-state index contributed by atoms with van der Waals surface area (Å²) >= 11 is 0. The van der Waals surface area contributed by atoms with Crippen molar-refractivity contribution in [1.29, 1.82) is 0 Å². The highest BCUT2D eigenvalue weighted by Gasteiger charge is 2.41. The van der Waals surface area contributed by atoms with Gasteiger partial charge in [0.1, 0.15) is 11.4 Å². The number of pyridine rings is 1. The second-order valence-corrected chi connectivity index (χ2v) is 7.55. The number of rotatable bonds is 2. The Bertz CT molecular complexity index is 553. The van der Waals surface area contributed by atoms with Gasteiger partial charge in [0.05, 0.1) is 11.9 Å². The zero-order valence-electron chi connectivity index (χ0n) is 14.1. The van der Waals surface area contributed by atoms with E-state index in [1.54, 1.807) is 0 Å². The lowest BCUT2D eigenvalue weighted by Crippen LogP contribution is -2.51. The van der Waals surface area contributed by atoms with Gasteiger partial charge in [0.2, 0.25) is 0 Å². The molecule has 3 heterocycles. The largest absolute Gasteiger partial charge is 0.444 e. The average molecular weight is 318 g/mol. The van der Waals surface area contributed by atoms with Crippen molar-refractivity contribution in [3.63, 3.8) is 0 Å². The Kier molecular flexibility index (Phi) is 4.08. The minimum Gasteiger partial charge on any atom is -0.444 e. The highest BCUT2D eigenvalue weighted by atomic mass is 16.6. The number of aromatic nitrogens is 1. The number of nitrogens with one attached hydrogen (secondary N) is 1. The van der Waals surface area contributed by atoms with Gasteiger partial charge in [-0.25, -0.2) is 9.78 Å². The van der Waals surface area contributed by atoms with Gasteiger partial charge in [-0.2, -0.15) is 0 Å². The van der Waals surface area contributed by atoms with Crippen LogP contribution in [0.15, 0.2) is 18.3 Å². The first-order chi connectivity index (χ1) is 10.8. The molecule has 2 aliphatic rings. The van der Waals surface area contributed by atoms with Crippen LogP contribution in [0.25, 0.3) is 0 Å². The first kappa shape index (κ1) is 15.9. The van der Waals surface area contributed by atoms with Crippen LogP contribution in [0.4, 0.5) is 16.3 Å². The van der Waals surface area contributed by atoms with Crippen LogP contribution in [0.5, 0.6) is 0 Å². The lowest BCUT2D eigenvalue weighted by atomic mass is 9.97. The summed E-state index contributed by atoms with van der Waals surface area (Å²) in [6, 6.07) is 4.95. The third-order valence-electron chi connectivity index (χ3n) is 4.52. The predicted octanol–water partition coefficient (Wildman–Crippen LogP) is 2.69. The zero-order valence-corrected chi connectivity index (χ0v) is 14.1. The fourth-order valence-corrected chi connectivity index (χ4v) is 3.74. The van der Waals surface area contributed by atoms with Crippen LogP contribution in [-0.2, 0) is 4.74 Å². The van der Waals surface area contributed by atoms with Crippen LogP contribution >= 0.6 is 0 Å². The van der Waals surface area contributed by atoms with Crippen LogP contribution in [0.1, 0.15) is 46.5 Å². The summed E-state index contributed by atoms with van der Waals surface area (Å²) in [4.78, 5) is 18.6. The molecular formula is C17H26N4O2. The molecule has 0 saturated carbocycles. The van der Waals surface area contributed by atoms with Gasteiger partial charge in [-0.1, -0.05) is 0 Å². The van der Waals surface area contributed by atoms with E-state index in [1.165, 1.54) is 0 Å². The smallest absolute Gasteiger partial charge is 0.407 e. The summed E-state index contributed by atoms with van der Waals surface area (Å²) in [5.41, 5.74) is 6.35. The summed E-state index contributed by atoms with van der Waals surface area (Å²) in [5.74, 6) is 0.544. The number of nitrogens with two attached hydrogens (primary N) is 1. The van der Waals surface area contributed by atoms with Gasteiger partial charge in [-0.05, 0) is 58.6 Å². The van der Waals surface area contributed by atoms with Crippen LogP contribution in [-0.4, -0.2) is 34.8 Å². The van der Waals surface area contributed by atoms with Gasteiger partial charge in [-0.3, -0.25) is 0 Å². The number of anilines is 2. The van der Waals surface area contributed by atoms with E-state index >= 15 is 0 Å². The number of alkyl carbamates (subject to hydrolysis) is 1. The van der Waals surface area contributed by atoms with Crippen LogP contribution in [0.2, 0.25) is 0 Å². The fraction of sp³-hybridized carbons (Fsp3) is 0.647. The Hall–Kier alpha value is -1.98. The molecule has 3 N–H and O–H groups in total. The molecule has 0 spiro atoms. The number of piperidine rings is 1. The van der Waals surface area contributed by atoms with Crippen LogP contribution in [0.3, 0.4) is 0 Å². The van der Waals surface area contributed by atoms with E-state index in [0.29, 0.717) is 17.9 Å². The molecule has 2 atom stereocenters. The maximum Gasteiger partial charge on any atom is 0.407 e. The number of hydrogen-bond donors (Lipinski definition) is 2. The molecule has 0 aromatic carbocycles. The Labute approximate surface area is 137 Å². The Morgan fingerprint density at radius 2 is 1.96 bits per heavy atom. The molecular weight excluding hydrogens is 292 g/mol. The number of nitrogen functional groups attached to an aromatic ring is 1. The predicted molar refractivity (Wildman–Crippen MR) is 90.3 cm³/mol. The Morgan fingerprint density at radius 1 is 1.30 bits per heavy atom. The molecule has 2 unspecified atom stereocenters. The second-order valence-electron chi connectivity index (χ2n) is 7.55. The molecule has 6 heteroatoms. The maximum absolute atomic E-state index is 12.0. The van der Waals surface area contributed by atoms with Crippen LogP contribution < -0.4 is 16.0 Å². The van der Waals surface area contributed by atoms with Gasteiger partial charge in [0.15, 0.2) is 0 Å². The van der Waals surface area contributed by atoms with Crippen molar-refractivity contribution in [2.75, 3.05) is 10.6 Å². The van der Waals surface area contributed by atoms with Gasteiger partial charge in [0, 0.05) is 18.1 Å². The molecule has 0 aliphatic carbocycles. The number of carbonyl (C=O) groups is 1. The molecule has 2 fully saturated rings. The highest BCUT2D eigenvalue weighted by molar-refractivity contribution is 5.68. The molecule has 2 aliphatic heterocycles. The number of hydrogen-bond acceptors (Lipinski definition) is 5. The molecule has 1 aromatic rings. The molecule has 126 valence electrons. The van der Waals surface area contributed by atoms with E-state index in [4.69, 9.17) is 10.5 Å². The van der Waals surface area contributed by atoms with E-state index in [0.717, 1.165) is 31.4 Å². The van der Waals surface area contributed by atoms with Gasteiger partial charge in [-0.15, -0.1) is 0 Å². The van der Waals surface area contributed by atoms with Crippen molar-refractivity contribution < 1.29 is 9.53 Å². The van der Waals surface area contributed by atoms with Crippen molar-refractivity contribution in [1.82, 2.24) is 10.3 Å². The third-order valence-corrected chi connectivity index (χ3v) is 4.52. The van der Waals surface area contributed by atoms with Gasteiger partial charge in [0.25, 0.3) is 0 Å². The first-order valence-electron chi connectivity index (χ1n) is 8.31. The van der Waals surface area contributed by atoms with E-state index in [9.17, 15) is 4.79 Å². The SMILES string of the molecule is CC(C)(C)OC(=O)NC1CC2CCC(C1)N2c1ccc(N)nc1. The Balaban J connectivity index is 1.63. The number of ether oxygens (including phenoxy) is 1. The Morgan fingerprint density at radius 3 is 2.48 bits per heavy atom. The van der Waals surface area contributed by atoms with Crippen molar-refractivity contribution in [3.05, 3.63) is 18.3 Å². The highest BCUT2D eigenvalue weighted by Crippen LogP contribution is 2.39. The maximum atomic E-state index is 12.0. The van der Waals surface area contributed by atoms with E-state index in [-0.39, 0.29) is 12.1 Å².